The molecule has 0 radical (unpaired) electrons. The zero-order valence-electron chi connectivity index (χ0n) is 15.1. The van der Waals surface area contributed by atoms with Gasteiger partial charge in [0.15, 0.2) is 0 Å². The molecule has 0 spiro atoms. The van der Waals surface area contributed by atoms with Crippen LogP contribution in [0.25, 0.3) is 0 Å². The van der Waals surface area contributed by atoms with Crippen LogP contribution < -0.4 is 16.0 Å². The van der Waals surface area contributed by atoms with Crippen molar-refractivity contribution < 1.29 is 31.2 Å². The van der Waals surface area contributed by atoms with E-state index in [0.29, 0.717) is 6.54 Å². The standard InChI is InChI=1S/C16H35N3O2.Ti/c1-6-17-11-9-16(13-19-8-3,10-12-18-7-2)15(20)21-14(4)5;/h14,17-19H,6-13H2,1-5H3;. The number of ether oxygens (including phenoxy) is 1. The monoisotopic (exact) mass is 349 g/mol. The molecule has 0 atom stereocenters. The van der Waals surface area contributed by atoms with Crippen molar-refractivity contribution in [1.82, 2.24) is 16.0 Å². The summed E-state index contributed by atoms with van der Waals surface area (Å²) >= 11 is 0. The first-order chi connectivity index (χ1) is 10.0. The molecule has 0 saturated heterocycles. The van der Waals surface area contributed by atoms with Crippen LogP contribution in [0.1, 0.15) is 47.5 Å². The smallest absolute Gasteiger partial charge is 0.313 e. The van der Waals surface area contributed by atoms with E-state index >= 15 is 0 Å². The summed E-state index contributed by atoms with van der Waals surface area (Å²) in [5.74, 6) is -0.0748. The van der Waals surface area contributed by atoms with Crippen LogP contribution in [0.4, 0.5) is 0 Å². The van der Waals surface area contributed by atoms with E-state index in [1.807, 2.05) is 13.8 Å². The SMILES string of the molecule is CCNCCC(CCNCC)(CNCC)C(=O)OC(C)C.[Ti]. The summed E-state index contributed by atoms with van der Waals surface area (Å²) in [7, 11) is 0. The first-order valence-electron chi connectivity index (χ1n) is 8.35. The maximum absolute atomic E-state index is 12.7. The summed E-state index contributed by atoms with van der Waals surface area (Å²) in [6, 6.07) is 0. The largest absolute Gasteiger partial charge is 0.463 e. The molecule has 3 N–H and O–H groups in total. The van der Waals surface area contributed by atoms with Crippen molar-refractivity contribution in [2.45, 2.75) is 53.6 Å². The molecular formula is C16H35N3O2Ti. The summed E-state index contributed by atoms with van der Waals surface area (Å²) < 4.78 is 5.54. The van der Waals surface area contributed by atoms with Crippen LogP contribution in [0.15, 0.2) is 0 Å². The van der Waals surface area contributed by atoms with E-state index in [4.69, 9.17) is 4.74 Å². The molecular weight excluding hydrogens is 314 g/mol. The van der Waals surface area contributed by atoms with E-state index in [-0.39, 0.29) is 33.8 Å². The minimum absolute atomic E-state index is 0. The van der Waals surface area contributed by atoms with Crippen molar-refractivity contribution in [3.8, 4) is 0 Å². The maximum Gasteiger partial charge on any atom is 0.313 e. The van der Waals surface area contributed by atoms with Gasteiger partial charge >= 0.3 is 5.97 Å². The molecule has 6 heteroatoms. The quantitative estimate of drug-likeness (QED) is 0.267. The van der Waals surface area contributed by atoms with Gasteiger partial charge in [-0.25, -0.2) is 0 Å². The number of hydrogen-bond acceptors (Lipinski definition) is 5. The summed E-state index contributed by atoms with van der Waals surface area (Å²) in [5.41, 5.74) is -0.454. The second kappa shape index (κ2) is 14.6. The average Bonchev–Trinajstić information content (AvgIpc) is 2.43. The molecule has 0 amide bonds. The fourth-order valence-electron chi connectivity index (χ4n) is 2.29. The molecule has 0 aromatic heterocycles. The predicted octanol–water partition coefficient (Wildman–Crippen LogP) is 1.53. The van der Waals surface area contributed by atoms with Gasteiger partial charge < -0.3 is 20.7 Å². The second-order valence-electron chi connectivity index (χ2n) is 5.72. The molecule has 0 unspecified atom stereocenters. The van der Waals surface area contributed by atoms with E-state index in [0.717, 1.165) is 45.6 Å². The van der Waals surface area contributed by atoms with Gasteiger partial charge in [0.25, 0.3) is 0 Å². The summed E-state index contributed by atoms with van der Waals surface area (Å²) in [4.78, 5) is 12.7. The van der Waals surface area contributed by atoms with E-state index < -0.39 is 5.41 Å². The third kappa shape index (κ3) is 9.96. The normalized spacial score (nSPS) is 11.4. The first kappa shape index (κ1) is 24.3. The number of carbonyl (C=O) groups excluding carboxylic acids is 1. The Kier molecular flexibility index (Phi) is 16.2. The van der Waals surface area contributed by atoms with Crippen LogP contribution in [0, 0.1) is 5.41 Å². The summed E-state index contributed by atoms with van der Waals surface area (Å²) in [5, 5.41) is 9.99. The Morgan fingerprint density at radius 2 is 1.41 bits per heavy atom. The summed E-state index contributed by atoms with van der Waals surface area (Å²) in [6.07, 6.45) is 1.52. The van der Waals surface area contributed by atoms with Gasteiger partial charge in [0.1, 0.15) is 0 Å². The minimum atomic E-state index is -0.454. The first-order valence-corrected chi connectivity index (χ1v) is 8.35. The van der Waals surface area contributed by atoms with Gasteiger partial charge in [0.05, 0.1) is 11.5 Å². The predicted molar refractivity (Wildman–Crippen MR) is 88.5 cm³/mol. The second-order valence-corrected chi connectivity index (χ2v) is 5.72. The zero-order valence-corrected chi connectivity index (χ0v) is 16.6. The van der Waals surface area contributed by atoms with E-state index in [1.165, 1.54) is 0 Å². The fraction of sp³-hybridized carbons (Fsp3) is 0.938. The van der Waals surface area contributed by atoms with Crippen molar-refractivity contribution in [3.63, 3.8) is 0 Å². The molecule has 5 nitrogen and oxygen atoms in total. The number of hydrogen-bond donors (Lipinski definition) is 3. The Bertz CT molecular complexity index is 266. The van der Waals surface area contributed by atoms with Crippen LogP contribution in [0.5, 0.6) is 0 Å². The molecule has 0 aliphatic heterocycles. The Morgan fingerprint density at radius 1 is 0.955 bits per heavy atom. The van der Waals surface area contributed by atoms with Gasteiger partial charge in [-0.1, -0.05) is 20.8 Å². The minimum Gasteiger partial charge on any atom is -0.463 e. The topological polar surface area (TPSA) is 62.4 Å². The van der Waals surface area contributed by atoms with Crippen LogP contribution in [0.2, 0.25) is 0 Å². The van der Waals surface area contributed by atoms with Gasteiger partial charge in [-0.15, -0.1) is 0 Å². The molecule has 0 saturated carbocycles. The van der Waals surface area contributed by atoms with E-state index in [2.05, 4.69) is 36.7 Å². The number of rotatable bonds is 13. The summed E-state index contributed by atoms with van der Waals surface area (Å²) in [6.45, 7) is 15.1. The van der Waals surface area contributed by atoms with E-state index in [9.17, 15) is 4.79 Å². The molecule has 0 aromatic carbocycles. The molecule has 130 valence electrons. The molecule has 0 fully saturated rings. The van der Waals surface area contributed by atoms with Crippen LogP contribution >= 0.6 is 0 Å². The van der Waals surface area contributed by atoms with E-state index in [1.54, 1.807) is 0 Å². The molecule has 0 aliphatic carbocycles. The Morgan fingerprint density at radius 3 is 1.77 bits per heavy atom. The molecule has 0 aromatic rings. The molecule has 0 heterocycles. The molecule has 0 rings (SSSR count). The third-order valence-electron chi connectivity index (χ3n) is 3.55. The maximum atomic E-state index is 12.7. The number of esters is 1. The third-order valence-corrected chi connectivity index (χ3v) is 3.55. The van der Waals surface area contributed by atoms with Crippen LogP contribution in [0.3, 0.4) is 0 Å². The van der Waals surface area contributed by atoms with Gasteiger partial charge in [0, 0.05) is 28.3 Å². The number of carbonyl (C=O) groups is 1. The van der Waals surface area contributed by atoms with Crippen molar-refractivity contribution in [3.05, 3.63) is 0 Å². The molecule has 22 heavy (non-hydrogen) atoms. The Balaban J connectivity index is 0. The fourth-order valence-corrected chi connectivity index (χ4v) is 2.29. The van der Waals surface area contributed by atoms with Crippen molar-refractivity contribution in [1.29, 1.82) is 0 Å². The van der Waals surface area contributed by atoms with Crippen LogP contribution in [-0.4, -0.2) is 51.3 Å². The van der Waals surface area contributed by atoms with Gasteiger partial charge in [-0.05, 0) is 59.4 Å². The average molecular weight is 349 g/mol. The number of nitrogens with one attached hydrogen (secondary N) is 3. The van der Waals surface area contributed by atoms with Gasteiger partial charge in [-0.3, -0.25) is 4.79 Å². The van der Waals surface area contributed by atoms with Crippen molar-refractivity contribution >= 4 is 5.97 Å². The van der Waals surface area contributed by atoms with Crippen molar-refractivity contribution in [2.75, 3.05) is 39.3 Å². The zero-order chi connectivity index (χ0) is 16.1. The Hall–Kier alpha value is 0.0643. The molecule has 0 bridgehead atoms. The Labute approximate surface area is 151 Å². The van der Waals surface area contributed by atoms with Crippen LogP contribution in [-0.2, 0) is 31.2 Å². The van der Waals surface area contributed by atoms with Gasteiger partial charge in [0.2, 0.25) is 0 Å². The van der Waals surface area contributed by atoms with Crippen molar-refractivity contribution in [2.24, 2.45) is 5.41 Å². The van der Waals surface area contributed by atoms with Gasteiger partial charge in [-0.2, -0.15) is 0 Å². The molecule has 0 aliphatic rings.